The highest BCUT2D eigenvalue weighted by Gasteiger charge is 2.19. The van der Waals surface area contributed by atoms with Crippen molar-refractivity contribution in [3.63, 3.8) is 0 Å². The van der Waals surface area contributed by atoms with Crippen LogP contribution in [0.2, 0.25) is 0 Å². The molecule has 0 spiro atoms. The number of nitrogens with one attached hydrogen (secondary N) is 1. The third-order valence-corrected chi connectivity index (χ3v) is 3.58. The second-order valence-corrected chi connectivity index (χ2v) is 4.87. The number of carbonyl (C=O) groups is 2. The molecule has 0 aromatic heterocycles. The van der Waals surface area contributed by atoms with Crippen LogP contribution in [0.3, 0.4) is 0 Å². The fraction of sp³-hybridized carbons (Fsp3) is 0.846. The van der Waals surface area contributed by atoms with E-state index in [-0.39, 0.29) is 11.8 Å². The number of amides is 2. The molecule has 0 aliphatic carbocycles. The van der Waals surface area contributed by atoms with Gasteiger partial charge in [-0.2, -0.15) is 0 Å². The first kappa shape index (κ1) is 15.0. The number of hydrogen-bond acceptors (Lipinski definition) is 3. The molecule has 3 N–H and O–H groups in total. The maximum absolute atomic E-state index is 12.0. The topological polar surface area (TPSA) is 75.4 Å². The van der Waals surface area contributed by atoms with E-state index in [1.807, 2.05) is 0 Å². The molecule has 2 amide bonds. The van der Waals surface area contributed by atoms with Gasteiger partial charge in [-0.3, -0.25) is 9.59 Å². The molecule has 1 atom stereocenters. The predicted octanol–water partition coefficient (Wildman–Crippen LogP) is 0.490. The largest absolute Gasteiger partial charge is 0.354 e. The second kappa shape index (κ2) is 8.08. The van der Waals surface area contributed by atoms with Gasteiger partial charge in [0, 0.05) is 32.5 Å². The van der Waals surface area contributed by atoms with Gasteiger partial charge in [0.1, 0.15) is 0 Å². The van der Waals surface area contributed by atoms with Crippen LogP contribution in [0.5, 0.6) is 0 Å². The third kappa shape index (κ3) is 5.04. The third-order valence-electron chi connectivity index (χ3n) is 3.58. The molecular weight excluding hydrogens is 230 g/mol. The predicted molar refractivity (Wildman–Crippen MR) is 70.9 cm³/mol. The summed E-state index contributed by atoms with van der Waals surface area (Å²) in [4.78, 5) is 25.0. The van der Waals surface area contributed by atoms with Crippen LogP contribution in [0, 0.1) is 5.92 Å². The fourth-order valence-electron chi connectivity index (χ4n) is 2.29. The van der Waals surface area contributed by atoms with E-state index in [0.29, 0.717) is 44.9 Å². The normalized spacial score (nSPS) is 18.1. The van der Waals surface area contributed by atoms with E-state index in [9.17, 15) is 9.59 Å². The van der Waals surface area contributed by atoms with Gasteiger partial charge in [-0.05, 0) is 25.3 Å². The SMILES string of the molecule is CCC(CCN)CCC(=O)N1CCNC(=O)CC1. The van der Waals surface area contributed by atoms with Crippen molar-refractivity contribution in [3.05, 3.63) is 0 Å². The second-order valence-electron chi connectivity index (χ2n) is 4.87. The molecule has 5 nitrogen and oxygen atoms in total. The van der Waals surface area contributed by atoms with Gasteiger partial charge in [0.05, 0.1) is 0 Å². The van der Waals surface area contributed by atoms with Crippen LogP contribution in [0.1, 0.15) is 39.0 Å². The Labute approximate surface area is 109 Å². The number of carbonyl (C=O) groups excluding carboxylic acids is 2. The van der Waals surface area contributed by atoms with E-state index in [4.69, 9.17) is 5.73 Å². The summed E-state index contributed by atoms with van der Waals surface area (Å²) in [5.74, 6) is 0.757. The molecule has 0 saturated carbocycles. The number of nitrogens with zero attached hydrogens (tertiary/aromatic N) is 1. The minimum Gasteiger partial charge on any atom is -0.354 e. The Morgan fingerprint density at radius 1 is 1.44 bits per heavy atom. The zero-order valence-electron chi connectivity index (χ0n) is 11.3. The van der Waals surface area contributed by atoms with Crippen LogP contribution in [-0.2, 0) is 9.59 Å². The average Bonchev–Trinajstić information content (AvgIpc) is 2.59. The molecule has 1 saturated heterocycles. The maximum Gasteiger partial charge on any atom is 0.222 e. The molecule has 18 heavy (non-hydrogen) atoms. The molecule has 0 aromatic rings. The minimum absolute atomic E-state index is 0.0415. The molecule has 1 aliphatic rings. The summed E-state index contributed by atoms with van der Waals surface area (Å²) in [6, 6.07) is 0. The molecular formula is C13H25N3O2. The Morgan fingerprint density at radius 2 is 2.22 bits per heavy atom. The van der Waals surface area contributed by atoms with E-state index >= 15 is 0 Å². The highest BCUT2D eigenvalue weighted by atomic mass is 16.2. The number of nitrogens with two attached hydrogens (primary N) is 1. The summed E-state index contributed by atoms with van der Waals surface area (Å²) in [7, 11) is 0. The van der Waals surface area contributed by atoms with Gasteiger partial charge < -0.3 is 16.0 Å². The number of hydrogen-bond donors (Lipinski definition) is 2. The van der Waals surface area contributed by atoms with Crippen molar-refractivity contribution in [2.24, 2.45) is 11.7 Å². The summed E-state index contributed by atoms with van der Waals surface area (Å²) in [5, 5.41) is 2.78. The lowest BCUT2D eigenvalue weighted by molar-refractivity contribution is -0.131. The Morgan fingerprint density at radius 3 is 2.89 bits per heavy atom. The van der Waals surface area contributed by atoms with Crippen molar-refractivity contribution in [2.75, 3.05) is 26.2 Å². The molecule has 1 heterocycles. The summed E-state index contributed by atoms with van der Waals surface area (Å²) >= 11 is 0. The zero-order valence-corrected chi connectivity index (χ0v) is 11.3. The van der Waals surface area contributed by atoms with E-state index in [1.165, 1.54) is 0 Å². The monoisotopic (exact) mass is 255 g/mol. The van der Waals surface area contributed by atoms with Gasteiger partial charge in [-0.1, -0.05) is 13.3 Å². The van der Waals surface area contributed by atoms with Crippen LogP contribution in [0.15, 0.2) is 0 Å². The first-order valence-electron chi connectivity index (χ1n) is 6.92. The van der Waals surface area contributed by atoms with Gasteiger partial charge in [0.15, 0.2) is 0 Å². The van der Waals surface area contributed by atoms with Crippen LogP contribution in [0.4, 0.5) is 0 Å². The summed E-state index contributed by atoms with van der Waals surface area (Å²) < 4.78 is 0. The lowest BCUT2D eigenvalue weighted by Gasteiger charge is -2.21. The summed E-state index contributed by atoms with van der Waals surface area (Å²) in [6.45, 7) is 4.59. The lowest BCUT2D eigenvalue weighted by Crippen LogP contribution is -2.34. The Hall–Kier alpha value is -1.10. The van der Waals surface area contributed by atoms with Gasteiger partial charge in [0.25, 0.3) is 0 Å². The average molecular weight is 255 g/mol. The zero-order chi connectivity index (χ0) is 13.4. The van der Waals surface area contributed by atoms with Crippen molar-refractivity contribution in [1.29, 1.82) is 0 Å². The summed E-state index contributed by atoms with van der Waals surface area (Å²) in [6.07, 6.45) is 3.97. The molecule has 104 valence electrons. The molecule has 0 radical (unpaired) electrons. The van der Waals surface area contributed by atoms with Gasteiger partial charge >= 0.3 is 0 Å². The van der Waals surface area contributed by atoms with Crippen molar-refractivity contribution in [1.82, 2.24) is 10.2 Å². The van der Waals surface area contributed by atoms with Gasteiger partial charge in [-0.15, -0.1) is 0 Å². The van der Waals surface area contributed by atoms with Gasteiger partial charge in [-0.25, -0.2) is 0 Å². The van der Waals surface area contributed by atoms with Crippen molar-refractivity contribution >= 4 is 11.8 Å². The highest BCUT2D eigenvalue weighted by molar-refractivity contribution is 5.80. The standard InChI is InChI=1S/C13H25N3O2/c1-2-11(5-7-14)3-4-13(18)16-9-6-12(17)15-8-10-16/h11H,2-10,14H2,1H3,(H,15,17). The molecule has 5 heteroatoms. The smallest absolute Gasteiger partial charge is 0.222 e. The Balaban J connectivity index is 2.32. The Kier molecular flexibility index (Phi) is 6.72. The molecule has 1 fully saturated rings. The molecule has 1 rings (SSSR count). The Bertz CT molecular complexity index is 281. The number of rotatable bonds is 6. The molecule has 1 aliphatic heterocycles. The van der Waals surface area contributed by atoms with Crippen molar-refractivity contribution in [2.45, 2.75) is 39.0 Å². The van der Waals surface area contributed by atoms with Crippen LogP contribution >= 0.6 is 0 Å². The fourth-order valence-corrected chi connectivity index (χ4v) is 2.29. The van der Waals surface area contributed by atoms with Crippen molar-refractivity contribution in [3.8, 4) is 0 Å². The van der Waals surface area contributed by atoms with Gasteiger partial charge in [0.2, 0.25) is 11.8 Å². The van der Waals surface area contributed by atoms with Crippen molar-refractivity contribution < 1.29 is 9.59 Å². The minimum atomic E-state index is 0.0415. The first-order valence-corrected chi connectivity index (χ1v) is 6.92. The van der Waals surface area contributed by atoms with Crippen LogP contribution < -0.4 is 11.1 Å². The highest BCUT2D eigenvalue weighted by Crippen LogP contribution is 2.15. The molecule has 0 bridgehead atoms. The maximum atomic E-state index is 12.0. The van der Waals surface area contributed by atoms with Crippen LogP contribution in [0.25, 0.3) is 0 Å². The lowest BCUT2D eigenvalue weighted by atomic mass is 9.96. The van der Waals surface area contributed by atoms with E-state index < -0.39 is 0 Å². The molecule has 1 unspecified atom stereocenters. The van der Waals surface area contributed by atoms with E-state index in [0.717, 1.165) is 19.3 Å². The van der Waals surface area contributed by atoms with E-state index in [1.54, 1.807) is 4.90 Å². The quantitative estimate of drug-likeness (QED) is 0.725. The van der Waals surface area contributed by atoms with Crippen LogP contribution in [-0.4, -0.2) is 42.9 Å². The summed E-state index contributed by atoms with van der Waals surface area (Å²) in [5.41, 5.74) is 5.55. The van der Waals surface area contributed by atoms with E-state index in [2.05, 4.69) is 12.2 Å². The molecule has 0 aromatic carbocycles. The first-order chi connectivity index (χ1) is 8.67.